The van der Waals surface area contributed by atoms with Gasteiger partial charge in [0.2, 0.25) is 6.79 Å². The van der Waals surface area contributed by atoms with Crippen molar-refractivity contribution in [3.63, 3.8) is 0 Å². The van der Waals surface area contributed by atoms with E-state index in [1.54, 1.807) is 0 Å². The zero-order valence-corrected chi connectivity index (χ0v) is 10.8. The van der Waals surface area contributed by atoms with Crippen LogP contribution in [0.2, 0.25) is 0 Å². The summed E-state index contributed by atoms with van der Waals surface area (Å²) in [5.41, 5.74) is 6.91. The molecule has 1 heterocycles. The number of hydrogen-bond donors (Lipinski definition) is 1. The van der Waals surface area contributed by atoms with Crippen molar-refractivity contribution >= 4 is 0 Å². The van der Waals surface area contributed by atoms with Crippen LogP contribution in [-0.2, 0) is 6.42 Å². The zero-order chi connectivity index (χ0) is 13.0. The normalized spacial score (nSPS) is 15.1. The van der Waals surface area contributed by atoms with E-state index in [9.17, 15) is 0 Å². The standard InChI is InChI=1S/C14H19NO3/c1-3-4-5-16-12-8-14-13(17-9-18-14)7-11(12)6-10(2)15/h3-4,7-8,10H,5-6,9,15H2,1-2H3. The third-order valence-corrected chi connectivity index (χ3v) is 2.67. The molecule has 0 saturated carbocycles. The third kappa shape index (κ3) is 2.96. The molecule has 4 nitrogen and oxygen atoms in total. The monoisotopic (exact) mass is 249 g/mol. The Labute approximate surface area is 107 Å². The first-order valence-corrected chi connectivity index (χ1v) is 6.12. The Kier molecular flexibility index (Phi) is 4.10. The molecule has 0 radical (unpaired) electrons. The Balaban J connectivity index is 2.23. The molecule has 0 bridgehead atoms. The molecule has 1 aromatic carbocycles. The average Bonchev–Trinajstić information content (AvgIpc) is 2.75. The fourth-order valence-corrected chi connectivity index (χ4v) is 1.84. The molecule has 1 aliphatic heterocycles. The molecule has 0 aromatic heterocycles. The fraction of sp³-hybridized carbons (Fsp3) is 0.429. The zero-order valence-electron chi connectivity index (χ0n) is 10.8. The lowest BCUT2D eigenvalue weighted by Crippen LogP contribution is -2.18. The molecule has 2 rings (SSSR count). The van der Waals surface area contributed by atoms with E-state index in [0.29, 0.717) is 6.61 Å². The second-order valence-electron chi connectivity index (χ2n) is 4.37. The van der Waals surface area contributed by atoms with E-state index >= 15 is 0 Å². The van der Waals surface area contributed by atoms with Crippen LogP contribution in [0.4, 0.5) is 0 Å². The number of ether oxygens (including phenoxy) is 3. The van der Waals surface area contributed by atoms with E-state index < -0.39 is 0 Å². The molecule has 0 saturated heterocycles. The van der Waals surface area contributed by atoms with Crippen LogP contribution < -0.4 is 19.9 Å². The number of rotatable bonds is 5. The van der Waals surface area contributed by atoms with Crippen molar-refractivity contribution in [3.8, 4) is 17.2 Å². The highest BCUT2D eigenvalue weighted by atomic mass is 16.7. The predicted molar refractivity (Wildman–Crippen MR) is 70.2 cm³/mol. The smallest absolute Gasteiger partial charge is 0.231 e. The second kappa shape index (κ2) is 5.78. The summed E-state index contributed by atoms with van der Waals surface area (Å²) in [5.74, 6) is 2.32. The summed E-state index contributed by atoms with van der Waals surface area (Å²) >= 11 is 0. The number of fused-ring (bicyclic) bond motifs is 1. The summed E-state index contributed by atoms with van der Waals surface area (Å²) in [6.07, 6.45) is 4.67. The summed E-state index contributed by atoms with van der Waals surface area (Å²) in [6.45, 7) is 4.75. The van der Waals surface area contributed by atoms with Crippen LogP contribution in [0.3, 0.4) is 0 Å². The molecule has 2 N–H and O–H groups in total. The van der Waals surface area contributed by atoms with Gasteiger partial charge in [-0.05, 0) is 31.9 Å². The molecule has 0 fully saturated rings. The lowest BCUT2D eigenvalue weighted by molar-refractivity contribution is 0.174. The number of allylic oxidation sites excluding steroid dienone is 1. The largest absolute Gasteiger partial charge is 0.489 e. The minimum absolute atomic E-state index is 0.0782. The molecule has 1 atom stereocenters. The topological polar surface area (TPSA) is 53.7 Å². The summed E-state index contributed by atoms with van der Waals surface area (Å²) in [6, 6.07) is 3.91. The first-order valence-electron chi connectivity index (χ1n) is 6.12. The van der Waals surface area contributed by atoms with Crippen LogP contribution in [0.5, 0.6) is 17.2 Å². The maximum Gasteiger partial charge on any atom is 0.231 e. The van der Waals surface area contributed by atoms with E-state index in [0.717, 1.165) is 29.2 Å². The van der Waals surface area contributed by atoms with E-state index in [1.165, 1.54) is 0 Å². The number of nitrogens with two attached hydrogens (primary N) is 1. The maximum atomic E-state index is 5.85. The Bertz CT molecular complexity index is 441. The SMILES string of the molecule is CC=CCOc1cc2c(cc1CC(C)N)OCO2. The van der Waals surface area contributed by atoms with Gasteiger partial charge in [0.1, 0.15) is 12.4 Å². The average molecular weight is 249 g/mol. The van der Waals surface area contributed by atoms with Gasteiger partial charge in [0.15, 0.2) is 11.5 Å². The predicted octanol–water partition coefficient (Wildman–Crippen LogP) is 2.26. The van der Waals surface area contributed by atoms with Crippen molar-refractivity contribution in [2.75, 3.05) is 13.4 Å². The number of hydrogen-bond acceptors (Lipinski definition) is 4. The van der Waals surface area contributed by atoms with E-state index in [2.05, 4.69) is 0 Å². The Morgan fingerprint density at radius 1 is 1.39 bits per heavy atom. The second-order valence-corrected chi connectivity index (χ2v) is 4.37. The molecule has 1 aliphatic rings. The van der Waals surface area contributed by atoms with Gasteiger partial charge in [-0.3, -0.25) is 0 Å². The molecular formula is C14H19NO3. The Hall–Kier alpha value is -1.68. The van der Waals surface area contributed by atoms with Gasteiger partial charge in [-0.1, -0.05) is 12.2 Å². The molecule has 4 heteroatoms. The van der Waals surface area contributed by atoms with E-state index in [-0.39, 0.29) is 12.8 Å². The lowest BCUT2D eigenvalue weighted by atomic mass is 10.1. The van der Waals surface area contributed by atoms with Gasteiger partial charge < -0.3 is 19.9 Å². The lowest BCUT2D eigenvalue weighted by Gasteiger charge is -2.13. The van der Waals surface area contributed by atoms with Crippen LogP contribution in [0, 0.1) is 0 Å². The molecule has 1 unspecified atom stereocenters. The minimum Gasteiger partial charge on any atom is -0.489 e. The van der Waals surface area contributed by atoms with Crippen LogP contribution in [0.25, 0.3) is 0 Å². The van der Waals surface area contributed by atoms with Crippen LogP contribution in [-0.4, -0.2) is 19.4 Å². The highest BCUT2D eigenvalue weighted by Crippen LogP contribution is 2.38. The quantitative estimate of drug-likeness (QED) is 0.813. The summed E-state index contributed by atoms with van der Waals surface area (Å²) in [4.78, 5) is 0. The van der Waals surface area contributed by atoms with Crippen molar-refractivity contribution in [1.29, 1.82) is 0 Å². The van der Waals surface area contributed by atoms with Crippen LogP contribution in [0.15, 0.2) is 24.3 Å². The Morgan fingerprint density at radius 3 is 2.78 bits per heavy atom. The van der Waals surface area contributed by atoms with Crippen molar-refractivity contribution in [2.45, 2.75) is 26.3 Å². The number of benzene rings is 1. The summed E-state index contributed by atoms with van der Waals surface area (Å²) in [5, 5.41) is 0. The van der Waals surface area contributed by atoms with Gasteiger partial charge in [0, 0.05) is 12.1 Å². The van der Waals surface area contributed by atoms with Crippen molar-refractivity contribution < 1.29 is 14.2 Å². The fourth-order valence-electron chi connectivity index (χ4n) is 1.84. The molecule has 18 heavy (non-hydrogen) atoms. The molecule has 0 spiro atoms. The van der Waals surface area contributed by atoms with Gasteiger partial charge in [0.05, 0.1) is 0 Å². The molecule has 98 valence electrons. The minimum atomic E-state index is 0.0782. The highest BCUT2D eigenvalue weighted by molar-refractivity contribution is 5.52. The van der Waals surface area contributed by atoms with E-state index in [4.69, 9.17) is 19.9 Å². The molecule has 1 aromatic rings. The molecular weight excluding hydrogens is 230 g/mol. The van der Waals surface area contributed by atoms with Crippen LogP contribution in [0.1, 0.15) is 19.4 Å². The highest BCUT2D eigenvalue weighted by Gasteiger charge is 2.18. The van der Waals surface area contributed by atoms with Gasteiger partial charge in [-0.25, -0.2) is 0 Å². The molecule has 0 aliphatic carbocycles. The van der Waals surface area contributed by atoms with Gasteiger partial charge in [0.25, 0.3) is 0 Å². The van der Waals surface area contributed by atoms with Crippen molar-refractivity contribution in [2.24, 2.45) is 5.73 Å². The summed E-state index contributed by atoms with van der Waals surface area (Å²) < 4.78 is 16.4. The summed E-state index contributed by atoms with van der Waals surface area (Å²) in [7, 11) is 0. The maximum absolute atomic E-state index is 5.85. The van der Waals surface area contributed by atoms with Gasteiger partial charge >= 0.3 is 0 Å². The first-order chi connectivity index (χ1) is 8.70. The van der Waals surface area contributed by atoms with E-state index in [1.807, 2.05) is 38.1 Å². The first kappa shape index (κ1) is 12.8. The molecule has 0 amide bonds. The van der Waals surface area contributed by atoms with Gasteiger partial charge in [-0.2, -0.15) is 0 Å². The Morgan fingerprint density at radius 2 is 2.11 bits per heavy atom. The van der Waals surface area contributed by atoms with Crippen LogP contribution >= 0.6 is 0 Å². The van der Waals surface area contributed by atoms with Crippen molar-refractivity contribution in [3.05, 3.63) is 29.8 Å². The van der Waals surface area contributed by atoms with Crippen molar-refractivity contribution in [1.82, 2.24) is 0 Å². The third-order valence-electron chi connectivity index (χ3n) is 2.67. The van der Waals surface area contributed by atoms with Gasteiger partial charge in [-0.15, -0.1) is 0 Å².